The molecule has 0 aromatic carbocycles. The van der Waals surface area contributed by atoms with Gasteiger partial charge in [-0.3, -0.25) is 0 Å². The molecule has 0 radical (unpaired) electrons. The maximum atomic E-state index is 5.84. The quantitative estimate of drug-likeness (QED) is 0.597. The molecule has 0 amide bonds. The first-order chi connectivity index (χ1) is 5.81. The molecule has 12 heavy (non-hydrogen) atoms. The van der Waals surface area contributed by atoms with Crippen LogP contribution in [-0.2, 0) is 19.5 Å². The summed E-state index contributed by atoms with van der Waals surface area (Å²) < 4.78 is 2.15. The van der Waals surface area contributed by atoms with Crippen LogP contribution in [0, 0.1) is 0 Å². The number of aryl methyl sites for hydroxylation is 1. The number of imidazole rings is 1. The summed E-state index contributed by atoms with van der Waals surface area (Å²) in [6.45, 7) is 1.43. The van der Waals surface area contributed by atoms with Crippen molar-refractivity contribution in [3.63, 3.8) is 0 Å². The van der Waals surface area contributed by atoms with E-state index in [0.717, 1.165) is 30.9 Å². The number of nitrogens with zero attached hydrogens (tertiary/aromatic N) is 2. The third-order valence-electron chi connectivity index (χ3n) is 2.39. The zero-order chi connectivity index (χ0) is 8.55. The standard InChI is InChI=1S/C8H14N4/c9-3-7-4-11-8-2-1-6(10)5-12(7)8/h4,6H,1-3,5,9-10H2. The Morgan fingerprint density at radius 1 is 1.67 bits per heavy atom. The molecule has 66 valence electrons. The Balaban J connectivity index is 2.34. The van der Waals surface area contributed by atoms with Gasteiger partial charge in [-0.15, -0.1) is 0 Å². The van der Waals surface area contributed by atoms with Gasteiger partial charge in [0.15, 0.2) is 0 Å². The third-order valence-corrected chi connectivity index (χ3v) is 2.39. The van der Waals surface area contributed by atoms with Crippen LogP contribution in [0.2, 0.25) is 0 Å². The number of rotatable bonds is 1. The predicted molar refractivity (Wildman–Crippen MR) is 46.4 cm³/mol. The van der Waals surface area contributed by atoms with E-state index in [-0.39, 0.29) is 6.04 Å². The molecule has 0 aliphatic carbocycles. The van der Waals surface area contributed by atoms with Gasteiger partial charge in [0.05, 0.1) is 5.69 Å². The van der Waals surface area contributed by atoms with Crippen molar-refractivity contribution in [2.45, 2.75) is 32.0 Å². The van der Waals surface area contributed by atoms with E-state index in [1.807, 2.05) is 6.20 Å². The van der Waals surface area contributed by atoms with E-state index in [2.05, 4.69) is 9.55 Å². The zero-order valence-electron chi connectivity index (χ0n) is 7.03. The fourth-order valence-electron chi connectivity index (χ4n) is 1.68. The minimum Gasteiger partial charge on any atom is -0.329 e. The third kappa shape index (κ3) is 1.13. The molecule has 0 fully saturated rings. The van der Waals surface area contributed by atoms with E-state index < -0.39 is 0 Å². The van der Waals surface area contributed by atoms with Crippen LogP contribution in [0.4, 0.5) is 0 Å². The Kier molecular flexibility index (Phi) is 1.86. The highest BCUT2D eigenvalue weighted by atomic mass is 15.1. The van der Waals surface area contributed by atoms with Gasteiger partial charge in [0, 0.05) is 31.7 Å². The zero-order valence-corrected chi connectivity index (χ0v) is 7.03. The van der Waals surface area contributed by atoms with Gasteiger partial charge in [-0.2, -0.15) is 0 Å². The summed E-state index contributed by atoms with van der Waals surface area (Å²) in [7, 11) is 0. The SMILES string of the molecule is NCc1cnc2n1CC(N)CC2. The Morgan fingerprint density at radius 2 is 2.50 bits per heavy atom. The van der Waals surface area contributed by atoms with Crippen LogP contribution in [0.3, 0.4) is 0 Å². The van der Waals surface area contributed by atoms with Crippen molar-refractivity contribution in [3.8, 4) is 0 Å². The van der Waals surface area contributed by atoms with Gasteiger partial charge in [-0.25, -0.2) is 4.98 Å². The summed E-state index contributed by atoms with van der Waals surface area (Å²) in [5, 5.41) is 0. The van der Waals surface area contributed by atoms with Crippen molar-refractivity contribution in [2.24, 2.45) is 11.5 Å². The van der Waals surface area contributed by atoms with Crippen LogP contribution in [0.25, 0.3) is 0 Å². The van der Waals surface area contributed by atoms with Gasteiger partial charge in [-0.1, -0.05) is 0 Å². The van der Waals surface area contributed by atoms with E-state index in [1.54, 1.807) is 0 Å². The second-order valence-electron chi connectivity index (χ2n) is 3.28. The number of nitrogens with two attached hydrogens (primary N) is 2. The van der Waals surface area contributed by atoms with Crippen molar-refractivity contribution < 1.29 is 0 Å². The van der Waals surface area contributed by atoms with Crippen LogP contribution in [-0.4, -0.2) is 15.6 Å². The number of hydrogen-bond acceptors (Lipinski definition) is 3. The molecule has 1 aromatic heterocycles. The second-order valence-corrected chi connectivity index (χ2v) is 3.28. The fourth-order valence-corrected chi connectivity index (χ4v) is 1.68. The fraction of sp³-hybridized carbons (Fsp3) is 0.625. The lowest BCUT2D eigenvalue weighted by molar-refractivity contribution is 0.444. The molecule has 2 rings (SSSR count). The van der Waals surface area contributed by atoms with E-state index in [1.165, 1.54) is 0 Å². The number of aromatic nitrogens is 2. The van der Waals surface area contributed by atoms with Gasteiger partial charge < -0.3 is 16.0 Å². The minimum atomic E-state index is 0.275. The molecule has 1 aliphatic heterocycles. The number of fused-ring (bicyclic) bond motifs is 1. The van der Waals surface area contributed by atoms with Crippen molar-refractivity contribution in [1.29, 1.82) is 0 Å². The Bertz CT molecular complexity index is 265. The molecular formula is C8H14N4. The average Bonchev–Trinajstić information content (AvgIpc) is 2.46. The Hall–Kier alpha value is -0.870. The minimum absolute atomic E-state index is 0.275. The molecule has 0 bridgehead atoms. The van der Waals surface area contributed by atoms with E-state index in [4.69, 9.17) is 11.5 Å². The largest absolute Gasteiger partial charge is 0.329 e. The van der Waals surface area contributed by atoms with Crippen LogP contribution >= 0.6 is 0 Å². The highest BCUT2D eigenvalue weighted by Gasteiger charge is 2.17. The average molecular weight is 166 g/mol. The topological polar surface area (TPSA) is 69.9 Å². The Morgan fingerprint density at radius 3 is 3.25 bits per heavy atom. The highest BCUT2D eigenvalue weighted by Crippen LogP contribution is 2.14. The van der Waals surface area contributed by atoms with Gasteiger partial charge >= 0.3 is 0 Å². The summed E-state index contributed by atoms with van der Waals surface area (Å²) in [6.07, 6.45) is 3.88. The summed E-state index contributed by atoms with van der Waals surface area (Å²) in [5.74, 6) is 1.14. The molecule has 1 aliphatic rings. The van der Waals surface area contributed by atoms with Gasteiger partial charge in [0.1, 0.15) is 5.82 Å². The maximum Gasteiger partial charge on any atom is 0.109 e. The summed E-state index contributed by atoms with van der Waals surface area (Å²) in [6, 6.07) is 0.275. The molecule has 1 aromatic rings. The molecule has 0 saturated carbocycles. The number of hydrogen-bond donors (Lipinski definition) is 2. The van der Waals surface area contributed by atoms with Crippen LogP contribution in [0.5, 0.6) is 0 Å². The molecule has 0 saturated heterocycles. The monoisotopic (exact) mass is 166 g/mol. The van der Waals surface area contributed by atoms with Crippen LogP contribution < -0.4 is 11.5 Å². The van der Waals surface area contributed by atoms with E-state index in [9.17, 15) is 0 Å². The van der Waals surface area contributed by atoms with Crippen molar-refractivity contribution in [2.75, 3.05) is 0 Å². The second kappa shape index (κ2) is 2.88. The Labute approximate surface area is 71.6 Å². The van der Waals surface area contributed by atoms with E-state index >= 15 is 0 Å². The first-order valence-electron chi connectivity index (χ1n) is 4.30. The van der Waals surface area contributed by atoms with Gasteiger partial charge in [0.2, 0.25) is 0 Å². The summed E-state index contributed by atoms with van der Waals surface area (Å²) >= 11 is 0. The molecule has 0 spiro atoms. The molecule has 1 atom stereocenters. The normalized spacial score (nSPS) is 22.3. The molecule has 4 N–H and O–H groups in total. The smallest absolute Gasteiger partial charge is 0.109 e. The first kappa shape index (κ1) is 7.76. The molecular weight excluding hydrogens is 152 g/mol. The lowest BCUT2D eigenvalue weighted by Gasteiger charge is -2.21. The van der Waals surface area contributed by atoms with Gasteiger partial charge in [0.25, 0.3) is 0 Å². The first-order valence-corrected chi connectivity index (χ1v) is 4.30. The van der Waals surface area contributed by atoms with Crippen LogP contribution in [0.1, 0.15) is 17.9 Å². The van der Waals surface area contributed by atoms with Crippen molar-refractivity contribution >= 4 is 0 Å². The lowest BCUT2D eigenvalue weighted by Crippen LogP contribution is -2.33. The molecule has 1 unspecified atom stereocenters. The molecule has 4 heteroatoms. The van der Waals surface area contributed by atoms with Gasteiger partial charge in [-0.05, 0) is 6.42 Å². The lowest BCUT2D eigenvalue weighted by atomic mass is 10.1. The van der Waals surface area contributed by atoms with E-state index in [0.29, 0.717) is 6.54 Å². The summed E-state index contributed by atoms with van der Waals surface area (Å²) in [4.78, 5) is 4.29. The van der Waals surface area contributed by atoms with Crippen molar-refractivity contribution in [3.05, 3.63) is 17.7 Å². The summed E-state index contributed by atoms with van der Waals surface area (Å²) in [5.41, 5.74) is 12.5. The maximum absolute atomic E-state index is 5.84. The predicted octanol–water partition coefficient (Wildman–Crippen LogP) is -0.385. The highest BCUT2D eigenvalue weighted by molar-refractivity contribution is 5.08. The van der Waals surface area contributed by atoms with Crippen molar-refractivity contribution in [1.82, 2.24) is 9.55 Å². The molecule has 4 nitrogen and oxygen atoms in total. The molecule has 2 heterocycles. The van der Waals surface area contributed by atoms with Crippen LogP contribution in [0.15, 0.2) is 6.20 Å².